The van der Waals surface area contributed by atoms with Crippen LogP contribution in [0.3, 0.4) is 0 Å². The number of nitrogen functional groups attached to an aromatic ring is 1. The van der Waals surface area contributed by atoms with Crippen LogP contribution < -0.4 is 16.0 Å². The van der Waals surface area contributed by atoms with Gasteiger partial charge in [0.05, 0.1) is 12.6 Å². The zero-order chi connectivity index (χ0) is 19.4. The minimum absolute atomic E-state index is 0.0508. The highest BCUT2D eigenvalue weighted by Crippen LogP contribution is 2.34. The summed E-state index contributed by atoms with van der Waals surface area (Å²) in [7, 11) is 0. The molecule has 7 nitrogen and oxygen atoms in total. The van der Waals surface area contributed by atoms with E-state index in [2.05, 4.69) is 20.2 Å². The molecule has 0 unspecified atom stereocenters. The molecule has 0 spiro atoms. The fraction of sp³-hybridized carbons (Fsp3) is 0.421. The largest absolute Gasteiger partial charge is 0.379 e. The number of ether oxygens (including phenoxy) is 1. The summed E-state index contributed by atoms with van der Waals surface area (Å²) in [6.07, 6.45) is 1.29. The van der Waals surface area contributed by atoms with Gasteiger partial charge in [-0.2, -0.15) is 4.98 Å². The summed E-state index contributed by atoms with van der Waals surface area (Å²) in [4.78, 5) is 22.3. The van der Waals surface area contributed by atoms with Crippen LogP contribution in [0.25, 0.3) is 0 Å². The molecule has 1 aliphatic rings. The Hall–Kier alpha value is -2.38. The molecule has 1 aliphatic heterocycles. The smallest absolute Gasteiger partial charge is 0.224 e. The van der Waals surface area contributed by atoms with Gasteiger partial charge in [-0.3, -0.25) is 4.79 Å². The zero-order valence-corrected chi connectivity index (χ0v) is 16.3. The van der Waals surface area contributed by atoms with Gasteiger partial charge in [0, 0.05) is 42.0 Å². The maximum Gasteiger partial charge on any atom is 0.224 e. The second-order valence-corrected chi connectivity index (χ2v) is 6.91. The van der Waals surface area contributed by atoms with Crippen LogP contribution in [0.4, 0.5) is 17.5 Å². The standard InChI is InChI=1S/C19H24ClN5O2/c1-3-18(26)23-13-5-6-14(15(20)10-13)16-11-27-8-4-7-25(16)17-9-12(2)22-19(21)24-17/h5-6,9-10,16H,3-4,7-8,11H2,1-2H3,(H,23,26)(H2,21,22,24)/t16-/m1/s1. The van der Waals surface area contributed by atoms with E-state index in [9.17, 15) is 4.79 Å². The Morgan fingerprint density at radius 3 is 2.93 bits per heavy atom. The van der Waals surface area contributed by atoms with Crippen LogP contribution >= 0.6 is 11.6 Å². The van der Waals surface area contributed by atoms with E-state index in [-0.39, 0.29) is 17.9 Å². The molecule has 1 atom stereocenters. The van der Waals surface area contributed by atoms with E-state index >= 15 is 0 Å². The number of carbonyl (C=O) groups excluding carboxylic acids is 1. The Bertz CT molecular complexity index is 809. The van der Waals surface area contributed by atoms with Gasteiger partial charge in [-0.15, -0.1) is 0 Å². The summed E-state index contributed by atoms with van der Waals surface area (Å²) in [6, 6.07) is 7.37. The zero-order valence-electron chi connectivity index (χ0n) is 15.5. The van der Waals surface area contributed by atoms with Gasteiger partial charge in [-0.05, 0) is 31.0 Å². The van der Waals surface area contributed by atoms with Crippen LogP contribution in [0.15, 0.2) is 24.3 Å². The highest BCUT2D eigenvalue weighted by Gasteiger charge is 2.27. The lowest BCUT2D eigenvalue weighted by Crippen LogP contribution is -2.32. The lowest BCUT2D eigenvalue weighted by Gasteiger charge is -2.31. The predicted molar refractivity (Wildman–Crippen MR) is 107 cm³/mol. The van der Waals surface area contributed by atoms with E-state index in [0.29, 0.717) is 30.3 Å². The topological polar surface area (TPSA) is 93.4 Å². The van der Waals surface area contributed by atoms with Crippen molar-refractivity contribution in [1.29, 1.82) is 0 Å². The maximum atomic E-state index is 11.6. The number of aryl methyl sites for hydroxylation is 1. The number of benzene rings is 1. The van der Waals surface area contributed by atoms with Crippen molar-refractivity contribution < 1.29 is 9.53 Å². The third-order valence-corrected chi connectivity index (χ3v) is 4.78. The summed E-state index contributed by atoms with van der Waals surface area (Å²) >= 11 is 6.57. The Kier molecular flexibility index (Phi) is 6.13. The van der Waals surface area contributed by atoms with Crippen molar-refractivity contribution in [3.8, 4) is 0 Å². The van der Waals surface area contributed by atoms with Crippen molar-refractivity contribution in [1.82, 2.24) is 9.97 Å². The summed E-state index contributed by atoms with van der Waals surface area (Å²) in [6.45, 7) is 5.63. The molecule has 1 aromatic heterocycles. The molecule has 0 saturated carbocycles. The molecular weight excluding hydrogens is 366 g/mol. The average Bonchev–Trinajstić information content (AvgIpc) is 2.87. The number of hydrogen-bond acceptors (Lipinski definition) is 6. The number of carbonyl (C=O) groups is 1. The molecule has 1 amide bonds. The summed E-state index contributed by atoms with van der Waals surface area (Å²) in [5, 5.41) is 3.40. The fourth-order valence-electron chi connectivity index (χ4n) is 3.16. The molecule has 0 aliphatic carbocycles. The van der Waals surface area contributed by atoms with Crippen molar-refractivity contribution in [3.05, 3.63) is 40.5 Å². The number of amides is 1. The lowest BCUT2D eigenvalue weighted by atomic mass is 10.0. The van der Waals surface area contributed by atoms with E-state index in [1.165, 1.54) is 0 Å². The lowest BCUT2D eigenvalue weighted by molar-refractivity contribution is -0.115. The fourth-order valence-corrected chi connectivity index (χ4v) is 3.46. The molecule has 8 heteroatoms. The van der Waals surface area contributed by atoms with Crippen LogP contribution in [-0.2, 0) is 9.53 Å². The molecule has 144 valence electrons. The number of halogens is 1. The second-order valence-electron chi connectivity index (χ2n) is 6.50. The highest BCUT2D eigenvalue weighted by atomic mass is 35.5. The first-order valence-electron chi connectivity index (χ1n) is 9.02. The van der Waals surface area contributed by atoms with Crippen molar-refractivity contribution in [2.75, 3.05) is 35.7 Å². The Morgan fingerprint density at radius 2 is 2.22 bits per heavy atom. The molecule has 2 heterocycles. The van der Waals surface area contributed by atoms with Crippen LogP contribution in [0, 0.1) is 6.92 Å². The number of hydrogen-bond donors (Lipinski definition) is 2. The van der Waals surface area contributed by atoms with Gasteiger partial charge in [-0.25, -0.2) is 4.98 Å². The number of nitrogens with zero attached hydrogens (tertiary/aromatic N) is 3. The third-order valence-electron chi connectivity index (χ3n) is 4.46. The van der Waals surface area contributed by atoms with Crippen molar-refractivity contribution in [2.45, 2.75) is 32.7 Å². The number of nitrogens with two attached hydrogens (primary N) is 1. The second kappa shape index (κ2) is 8.54. The number of nitrogens with one attached hydrogen (secondary N) is 1. The van der Waals surface area contributed by atoms with Crippen LogP contribution in [-0.4, -0.2) is 35.6 Å². The average molecular weight is 390 g/mol. The number of rotatable bonds is 4. The molecule has 0 bridgehead atoms. The number of anilines is 3. The molecule has 0 radical (unpaired) electrons. The van der Waals surface area contributed by atoms with E-state index in [0.717, 1.165) is 30.0 Å². The predicted octanol–water partition coefficient (Wildman–Crippen LogP) is 3.34. The minimum Gasteiger partial charge on any atom is -0.379 e. The quantitative estimate of drug-likeness (QED) is 0.832. The SMILES string of the molecule is CCC(=O)Nc1ccc([C@H]2COCCCN2c2cc(C)nc(N)n2)c(Cl)c1. The van der Waals surface area contributed by atoms with Gasteiger partial charge in [0.15, 0.2) is 0 Å². The molecule has 2 aromatic rings. The van der Waals surface area contributed by atoms with E-state index in [4.69, 9.17) is 22.1 Å². The first-order chi connectivity index (χ1) is 13.0. The van der Waals surface area contributed by atoms with E-state index in [1.807, 2.05) is 32.0 Å². The molecule has 1 fully saturated rings. The van der Waals surface area contributed by atoms with Gasteiger partial charge in [0.2, 0.25) is 11.9 Å². The van der Waals surface area contributed by atoms with Crippen LogP contribution in [0.1, 0.15) is 37.1 Å². The normalized spacial score (nSPS) is 17.4. The van der Waals surface area contributed by atoms with Crippen molar-refractivity contribution in [3.63, 3.8) is 0 Å². The maximum absolute atomic E-state index is 11.6. The Labute approximate surface area is 163 Å². The number of aromatic nitrogens is 2. The van der Waals surface area contributed by atoms with Crippen molar-refractivity contribution >= 4 is 35.0 Å². The van der Waals surface area contributed by atoms with E-state index < -0.39 is 0 Å². The van der Waals surface area contributed by atoms with Crippen molar-refractivity contribution in [2.24, 2.45) is 0 Å². The molecule has 27 heavy (non-hydrogen) atoms. The van der Waals surface area contributed by atoms with Gasteiger partial charge in [0.25, 0.3) is 0 Å². The molecule has 3 N–H and O–H groups in total. The van der Waals surface area contributed by atoms with E-state index in [1.54, 1.807) is 6.07 Å². The van der Waals surface area contributed by atoms with Gasteiger partial charge in [0.1, 0.15) is 5.82 Å². The monoisotopic (exact) mass is 389 g/mol. The van der Waals surface area contributed by atoms with Gasteiger partial charge in [-0.1, -0.05) is 24.6 Å². The Morgan fingerprint density at radius 1 is 1.41 bits per heavy atom. The molecule has 1 aromatic carbocycles. The summed E-state index contributed by atoms with van der Waals surface area (Å²) < 4.78 is 5.80. The Balaban J connectivity index is 1.94. The molecular formula is C19H24ClN5O2. The molecule has 1 saturated heterocycles. The van der Waals surface area contributed by atoms with Crippen LogP contribution in [0.5, 0.6) is 0 Å². The first-order valence-corrected chi connectivity index (χ1v) is 9.40. The van der Waals surface area contributed by atoms with Gasteiger partial charge >= 0.3 is 0 Å². The molecule has 3 rings (SSSR count). The summed E-state index contributed by atoms with van der Waals surface area (Å²) in [5.41, 5.74) is 8.26. The minimum atomic E-state index is -0.107. The van der Waals surface area contributed by atoms with Gasteiger partial charge < -0.3 is 20.7 Å². The first kappa shape index (κ1) is 19.4. The third kappa shape index (κ3) is 4.67. The highest BCUT2D eigenvalue weighted by molar-refractivity contribution is 6.31. The summed E-state index contributed by atoms with van der Waals surface area (Å²) in [5.74, 6) is 0.956. The van der Waals surface area contributed by atoms with Crippen LogP contribution in [0.2, 0.25) is 5.02 Å².